The van der Waals surface area contributed by atoms with Gasteiger partial charge in [-0.25, -0.2) is 4.98 Å². The smallest absolute Gasteiger partial charge is 0.309 e. The Bertz CT molecular complexity index is 406. The molecule has 0 amide bonds. The molecule has 0 spiro atoms. The van der Waals surface area contributed by atoms with E-state index in [4.69, 9.17) is 16.3 Å². The second-order valence-electron chi connectivity index (χ2n) is 3.93. The van der Waals surface area contributed by atoms with Crippen molar-refractivity contribution in [2.24, 2.45) is 5.92 Å². The van der Waals surface area contributed by atoms with Gasteiger partial charge in [0, 0.05) is 5.69 Å². The fourth-order valence-corrected chi connectivity index (χ4v) is 2.21. The predicted molar refractivity (Wildman–Crippen MR) is 61.4 cm³/mol. The molecule has 1 atom stereocenters. The number of carbonyl (C=O) groups excluding carboxylic acids is 1. The number of esters is 1. The van der Waals surface area contributed by atoms with Crippen molar-refractivity contribution in [3.8, 4) is 0 Å². The van der Waals surface area contributed by atoms with Crippen molar-refractivity contribution in [1.29, 1.82) is 0 Å². The van der Waals surface area contributed by atoms with Gasteiger partial charge in [0.05, 0.1) is 12.5 Å². The van der Waals surface area contributed by atoms with Gasteiger partial charge < -0.3 is 4.74 Å². The molecule has 0 saturated heterocycles. The average Bonchev–Trinajstić information content (AvgIpc) is 2.28. The van der Waals surface area contributed by atoms with E-state index in [1.165, 1.54) is 0 Å². The minimum Gasteiger partial charge on any atom is -0.466 e. The van der Waals surface area contributed by atoms with Crippen LogP contribution in [0.1, 0.15) is 24.6 Å². The van der Waals surface area contributed by atoms with Crippen LogP contribution < -0.4 is 0 Å². The van der Waals surface area contributed by atoms with Gasteiger partial charge in [-0.1, -0.05) is 17.7 Å². The average molecular weight is 240 g/mol. The number of aromatic nitrogens is 1. The molecule has 0 saturated carbocycles. The van der Waals surface area contributed by atoms with Crippen LogP contribution in [0, 0.1) is 5.92 Å². The van der Waals surface area contributed by atoms with Gasteiger partial charge in [0.1, 0.15) is 5.15 Å². The third kappa shape index (κ3) is 2.35. The summed E-state index contributed by atoms with van der Waals surface area (Å²) >= 11 is 5.82. The molecule has 0 bridgehead atoms. The molecule has 1 aliphatic carbocycles. The van der Waals surface area contributed by atoms with Crippen LogP contribution in [0.2, 0.25) is 5.15 Å². The van der Waals surface area contributed by atoms with Crippen LogP contribution in [-0.2, 0) is 22.4 Å². The second-order valence-corrected chi connectivity index (χ2v) is 4.32. The zero-order valence-electron chi connectivity index (χ0n) is 9.20. The molecule has 0 aliphatic heterocycles. The fourth-order valence-electron chi connectivity index (χ4n) is 2.05. The molecule has 0 radical (unpaired) electrons. The van der Waals surface area contributed by atoms with Gasteiger partial charge in [-0.3, -0.25) is 4.79 Å². The molecular weight excluding hydrogens is 226 g/mol. The van der Waals surface area contributed by atoms with E-state index < -0.39 is 0 Å². The van der Waals surface area contributed by atoms with Gasteiger partial charge in [0.25, 0.3) is 0 Å². The third-order valence-corrected chi connectivity index (χ3v) is 3.06. The Morgan fingerprint density at radius 3 is 3.19 bits per heavy atom. The van der Waals surface area contributed by atoms with Crippen LogP contribution in [0.15, 0.2) is 12.1 Å². The lowest BCUT2D eigenvalue weighted by Gasteiger charge is -2.22. The molecule has 3 nitrogen and oxygen atoms in total. The number of hydrogen-bond donors (Lipinski definition) is 0. The lowest BCUT2D eigenvalue weighted by atomic mass is 9.87. The summed E-state index contributed by atoms with van der Waals surface area (Å²) in [5.41, 5.74) is 2.14. The minimum atomic E-state index is -0.0944. The standard InChI is InChI=1S/C12H14ClNO2/c1-2-16-12(15)9-3-5-10-8(7-9)4-6-11(13)14-10/h4,6,9H,2-3,5,7H2,1H3. The molecular formula is C12H14ClNO2. The number of fused-ring (bicyclic) bond motifs is 1. The molecule has 86 valence electrons. The SMILES string of the molecule is CCOC(=O)C1CCc2nc(Cl)ccc2C1. The van der Waals surface area contributed by atoms with Crippen LogP contribution in [0.3, 0.4) is 0 Å². The molecule has 16 heavy (non-hydrogen) atoms. The maximum atomic E-state index is 11.6. The van der Waals surface area contributed by atoms with Crippen molar-refractivity contribution in [3.63, 3.8) is 0 Å². The molecule has 1 heterocycles. The van der Waals surface area contributed by atoms with Crippen molar-refractivity contribution in [2.75, 3.05) is 6.61 Å². The summed E-state index contributed by atoms with van der Waals surface area (Å²) in [6.07, 6.45) is 2.33. The molecule has 0 N–H and O–H groups in total. The van der Waals surface area contributed by atoms with Crippen molar-refractivity contribution < 1.29 is 9.53 Å². The van der Waals surface area contributed by atoms with Crippen molar-refractivity contribution in [2.45, 2.75) is 26.2 Å². The summed E-state index contributed by atoms with van der Waals surface area (Å²) in [6, 6.07) is 3.73. The normalized spacial score (nSPS) is 19.0. The molecule has 4 heteroatoms. The number of aryl methyl sites for hydroxylation is 1. The van der Waals surface area contributed by atoms with E-state index in [2.05, 4.69) is 4.98 Å². The third-order valence-electron chi connectivity index (χ3n) is 2.85. The first-order valence-electron chi connectivity index (χ1n) is 5.51. The molecule has 1 aromatic heterocycles. The Morgan fingerprint density at radius 2 is 2.44 bits per heavy atom. The second kappa shape index (κ2) is 4.83. The summed E-state index contributed by atoms with van der Waals surface area (Å²) in [5, 5.41) is 0.522. The number of pyridine rings is 1. The highest BCUT2D eigenvalue weighted by molar-refractivity contribution is 6.29. The van der Waals surface area contributed by atoms with Crippen LogP contribution in [-0.4, -0.2) is 17.6 Å². The highest BCUT2D eigenvalue weighted by Gasteiger charge is 2.26. The first-order chi connectivity index (χ1) is 7.70. The summed E-state index contributed by atoms with van der Waals surface area (Å²) in [7, 11) is 0. The molecule has 0 aromatic carbocycles. The number of nitrogens with zero attached hydrogens (tertiary/aromatic N) is 1. The van der Waals surface area contributed by atoms with Gasteiger partial charge in [0.2, 0.25) is 0 Å². The van der Waals surface area contributed by atoms with E-state index >= 15 is 0 Å². The van der Waals surface area contributed by atoms with Gasteiger partial charge in [-0.2, -0.15) is 0 Å². The monoisotopic (exact) mass is 239 g/mol. The maximum Gasteiger partial charge on any atom is 0.309 e. The summed E-state index contributed by atoms with van der Waals surface area (Å²) in [4.78, 5) is 15.9. The van der Waals surface area contributed by atoms with Crippen LogP contribution >= 0.6 is 11.6 Å². The van der Waals surface area contributed by atoms with Gasteiger partial charge in [-0.15, -0.1) is 0 Å². The lowest BCUT2D eigenvalue weighted by Crippen LogP contribution is -2.25. The Labute approximate surface area is 99.8 Å². The van der Waals surface area contributed by atoms with Gasteiger partial charge in [0.15, 0.2) is 0 Å². The van der Waals surface area contributed by atoms with Crippen LogP contribution in [0.5, 0.6) is 0 Å². The summed E-state index contributed by atoms with van der Waals surface area (Å²) in [5.74, 6) is -0.112. The van der Waals surface area contributed by atoms with E-state index in [0.717, 1.165) is 30.5 Å². The lowest BCUT2D eigenvalue weighted by molar-refractivity contribution is -0.148. The van der Waals surface area contributed by atoms with Crippen molar-refractivity contribution >= 4 is 17.6 Å². The number of hydrogen-bond acceptors (Lipinski definition) is 3. The maximum absolute atomic E-state index is 11.6. The largest absolute Gasteiger partial charge is 0.466 e. The summed E-state index contributed by atoms with van der Waals surface area (Å²) < 4.78 is 5.03. The molecule has 0 fully saturated rings. The van der Waals surface area contributed by atoms with Crippen molar-refractivity contribution in [3.05, 3.63) is 28.5 Å². The van der Waals surface area contributed by atoms with Crippen LogP contribution in [0.25, 0.3) is 0 Å². The minimum absolute atomic E-state index is 0.0181. The number of carbonyl (C=O) groups is 1. The summed E-state index contributed by atoms with van der Waals surface area (Å²) in [6.45, 7) is 2.27. The van der Waals surface area contributed by atoms with E-state index in [-0.39, 0.29) is 11.9 Å². The predicted octanol–water partition coefficient (Wildman–Crippen LogP) is 2.40. The first kappa shape index (κ1) is 11.4. The number of rotatable bonds is 2. The Balaban J connectivity index is 2.12. The molecule has 1 unspecified atom stereocenters. The molecule has 1 aliphatic rings. The molecule has 2 rings (SSSR count). The number of ether oxygens (including phenoxy) is 1. The fraction of sp³-hybridized carbons (Fsp3) is 0.500. The topological polar surface area (TPSA) is 39.2 Å². The van der Waals surface area contributed by atoms with Gasteiger partial charge >= 0.3 is 5.97 Å². The molecule has 1 aromatic rings. The quantitative estimate of drug-likeness (QED) is 0.588. The highest BCUT2D eigenvalue weighted by atomic mass is 35.5. The number of halogens is 1. The Morgan fingerprint density at radius 1 is 1.62 bits per heavy atom. The van der Waals surface area contributed by atoms with E-state index in [1.807, 2.05) is 13.0 Å². The van der Waals surface area contributed by atoms with E-state index in [0.29, 0.717) is 11.8 Å². The zero-order chi connectivity index (χ0) is 11.5. The zero-order valence-corrected chi connectivity index (χ0v) is 9.96. The first-order valence-corrected chi connectivity index (χ1v) is 5.89. The van der Waals surface area contributed by atoms with Crippen LogP contribution in [0.4, 0.5) is 0 Å². The van der Waals surface area contributed by atoms with E-state index in [9.17, 15) is 4.79 Å². The van der Waals surface area contributed by atoms with E-state index in [1.54, 1.807) is 6.07 Å². The van der Waals surface area contributed by atoms with Gasteiger partial charge in [-0.05, 0) is 37.8 Å². The Kier molecular flexibility index (Phi) is 3.44. The highest BCUT2D eigenvalue weighted by Crippen LogP contribution is 2.26. The Hall–Kier alpha value is -1.09. The van der Waals surface area contributed by atoms with Crippen molar-refractivity contribution in [1.82, 2.24) is 4.98 Å².